The molecule has 0 unspecified atom stereocenters. The molecule has 1 aromatic rings. The smallest absolute Gasteiger partial charge is 0.142 e. The summed E-state index contributed by atoms with van der Waals surface area (Å²) in [7, 11) is 0. The fraction of sp³-hybridized carbons (Fsp3) is 0.462. The van der Waals surface area contributed by atoms with Crippen LogP contribution in [0.4, 0.5) is 0 Å². The minimum absolute atomic E-state index is 0.279. The maximum Gasteiger partial charge on any atom is 0.142 e. The van der Waals surface area contributed by atoms with E-state index in [0.29, 0.717) is 6.61 Å². The number of hydrogen-bond acceptors (Lipinski definition) is 3. The molecule has 0 radical (unpaired) electrons. The van der Waals surface area contributed by atoms with E-state index in [1.54, 1.807) is 6.21 Å². The Morgan fingerprint density at radius 1 is 1.12 bits per heavy atom. The van der Waals surface area contributed by atoms with Crippen molar-refractivity contribution in [3.8, 4) is 0 Å². The highest BCUT2D eigenvalue weighted by atomic mass is 16.6. The summed E-state index contributed by atoms with van der Waals surface area (Å²) < 4.78 is 0. The number of benzene rings is 1. The zero-order chi connectivity index (χ0) is 11.5. The van der Waals surface area contributed by atoms with E-state index in [4.69, 9.17) is 9.94 Å². The zero-order valence-corrected chi connectivity index (χ0v) is 9.51. The van der Waals surface area contributed by atoms with Gasteiger partial charge in [0.1, 0.15) is 6.61 Å². The Bertz CT molecular complexity index is 285. The van der Waals surface area contributed by atoms with Gasteiger partial charge in [-0.25, -0.2) is 0 Å². The summed E-state index contributed by atoms with van der Waals surface area (Å²) in [6, 6.07) is 9.97. The monoisotopic (exact) mass is 221 g/mol. The first-order chi connectivity index (χ1) is 7.93. The minimum atomic E-state index is 0.279. The van der Waals surface area contributed by atoms with Crippen LogP contribution in [-0.2, 0) is 11.4 Å². The van der Waals surface area contributed by atoms with Gasteiger partial charge in [-0.15, -0.1) is 0 Å². The molecular weight excluding hydrogens is 202 g/mol. The van der Waals surface area contributed by atoms with Gasteiger partial charge in [-0.2, -0.15) is 0 Å². The van der Waals surface area contributed by atoms with Crippen molar-refractivity contribution < 1.29 is 9.94 Å². The van der Waals surface area contributed by atoms with E-state index in [1.165, 1.54) is 0 Å². The highest BCUT2D eigenvalue weighted by Gasteiger charge is 1.89. The molecule has 1 aromatic carbocycles. The van der Waals surface area contributed by atoms with Crippen LogP contribution >= 0.6 is 0 Å². The van der Waals surface area contributed by atoms with E-state index in [2.05, 4.69) is 5.16 Å². The molecule has 0 atom stereocenters. The Hall–Kier alpha value is -1.35. The molecule has 0 heterocycles. The van der Waals surface area contributed by atoms with Crippen molar-refractivity contribution in [2.75, 3.05) is 6.61 Å². The van der Waals surface area contributed by atoms with Crippen LogP contribution in [0.1, 0.15) is 31.2 Å². The molecule has 0 spiro atoms. The van der Waals surface area contributed by atoms with Crippen LogP contribution in [0, 0.1) is 0 Å². The van der Waals surface area contributed by atoms with E-state index in [-0.39, 0.29) is 6.61 Å². The molecule has 3 heteroatoms. The van der Waals surface area contributed by atoms with E-state index in [9.17, 15) is 0 Å². The SMILES string of the molecule is OCCCCC/C=N/OCc1ccccc1. The van der Waals surface area contributed by atoms with Crippen molar-refractivity contribution in [2.24, 2.45) is 5.16 Å². The first-order valence-corrected chi connectivity index (χ1v) is 5.72. The number of rotatable bonds is 8. The van der Waals surface area contributed by atoms with Crippen molar-refractivity contribution in [1.29, 1.82) is 0 Å². The predicted molar refractivity (Wildman–Crippen MR) is 65.3 cm³/mol. The number of nitrogens with zero attached hydrogens (tertiary/aromatic N) is 1. The van der Waals surface area contributed by atoms with E-state index >= 15 is 0 Å². The highest BCUT2D eigenvalue weighted by Crippen LogP contribution is 2.01. The summed E-state index contributed by atoms with van der Waals surface area (Å²) in [6.45, 7) is 0.801. The molecule has 1 rings (SSSR count). The maximum atomic E-state index is 8.57. The molecule has 0 aliphatic carbocycles. The molecule has 88 valence electrons. The average molecular weight is 221 g/mol. The Balaban J connectivity index is 2.00. The third-order valence-corrected chi connectivity index (χ3v) is 2.21. The molecule has 3 nitrogen and oxygen atoms in total. The molecule has 1 N–H and O–H groups in total. The topological polar surface area (TPSA) is 41.8 Å². The van der Waals surface area contributed by atoms with E-state index in [0.717, 1.165) is 31.2 Å². The molecular formula is C13H19NO2. The molecule has 0 bridgehead atoms. The van der Waals surface area contributed by atoms with Crippen molar-refractivity contribution in [1.82, 2.24) is 0 Å². The molecule has 0 fully saturated rings. The van der Waals surface area contributed by atoms with Crippen molar-refractivity contribution in [3.63, 3.8) is 0 Å². The van der Waals surface area contributed by atoms with Gasteiger partial charge in [0, 0.05) is 12.8 Å². The first kappa shape index (κ1) is 12.7. The van der Waals surface area contributed by atoms with Crippen LogP contribution in [0.5, 0.6) is 0 Å². The van der Waals surface area contributed by atoms with E-state index < -0.39 is 0 Å². The lowest BCUT2D eigenvalue weighted by Crippen LogP contribution is -1.87. The van der Waals surface area contributed by atoms with E-state index in [1.807, 2.05) is 30.3 Å². The molecule has 0 aliphatic rings. The standard InChI is InChI=1S/C13H19NO2/c15-11-7-2-1-6-10-14-16-12-13-8-4-3-5-9-13/h3-5,8-10,15H,1-2,6-7,11-12H2/b14-10+. The molecule has 0 saturated heterocycles. The Labute approximate surface area is 96.7 Å². The molecule has 16 heavy (non-hydrogen) atoms. The van der Waals surface area contributed by atoms with Crippen LogP contribution in [-0.4, -0.2) is 17.9 Å². The maximum absolute atomic E-state index is 8.57. The molecule has 0 aromatic heterocycles. The molecule has 0 amide bonds. The average Bonchev–Trinajstić information content (AvgIpc) is 2.34. The Kier molecular flexibility index (Phi) is 7.09. The second kappa shape index (κ2) is 8.92. The summed E-state index contributed by atoms with van der Waals surface area (Å²) in [5, 5.41) is 12.5. The predicted octanol–water partition coefficient (Wildman–Crippen LogP) is 2.74. The summed E-state index contributed by atoms with van der Waals surface area (Å²) in [5.41, 5.74) is 1.12. The fourth-order valence-electron chi connectivity index (χ4n) is 1.32. The van der Waals surface area contributed by atoms with Gasteiger partial charge in [-0.05, 0) is 24.8 Å². The lowest BCUT2D eigenvalue weighted by molar-refractivity contribution is 0.131. The summed E-state index contributed by atoms with van der Waals surface area (Å²) >= 11 is 0. The van der Waals surface area contributed by atoms with Crippen LogP contribution in [0.3, 0.4) is 0 Å². The van der Waals surface area contributed by atoms with Gasteiger partial charge < -0.3 is 9.94 Å². The Morgan fingerprint density at radius 2 is 1.94 bits per heavy atom. The van der Waals surface area contributed by atoms with Crippen molar-refractivity contribution in [2.45, 2.75) is 32.3 Å². The van der Waals surface area contributed by atoms with Crippen LogP contribution < -0.4 is 0 Å². The van der Waals surface area contributed by atoms with Crippen molar-refractivity contribution in [3.05, 3.63) is 35.9 Å². The Morgan fingerprint density at radius 3 is 2.69 bits per heavy atom. The van der Waals surface area contributed by atoms with Gasteiger partial charge in [0.25, 0.3) is 0 Å². The number of unbranched alkanes of at least 4 members (excludes halogenated alkanes) is 3. The second-order valence-electron chi connectivity index (χ2n) is 3.62. The summed E-state index contributed by atoms with van der Waals surface area (Å²) in [6.07, 6.45) is 5.67. The lowest BCUT2D eigenvalue weighted by Gasteiger charge is -1.98. The largest absolute Gasteiger partial charge is 0.396 e. The molecule has 0 saturated carbocycles. The first-order valence-electron chi connectivity index (χ1n) is 5.72. The summed E-state index contributed by atoms with van der Waals surface area (Å²) in [5.74, 6) is 0. The summed E-state index contributed by atoms with van der Waals surface area (Å²) in [4.78, 5) is 5.15. The highest BCUT2D eigenvalue weighted by molar-refractivity contribution is 5.56. The zero-order valence-electron chi connectivity index (χ0n) is 9.51. The number of oxime groups is 1. The van der Waals surface area contributed by atoms with Gasteiger partial charge in [-0.1, -0.05) is 41.9 Å². The van der Waals surface area contributed by atoms with Crippen molar-refractivity contribution >= 4 is 6.21 Å². The van der Waals surface area contributed by atoms with Gasteiger partial charge in [0.2, 0.25) is 0 Å². The van der Waals surface area contributed by atoms with Gasteiger partial charge >= 0.3 is 0 Å². The normalized spacial score (nSPS) is 10.8. The quantitative estimate of drug-likeness (QED) is 0.416. The van der Waals surface area contributed by atoms with Gasteiger partial charge in [0.05, 0.1) is 0 Å². The number of hydrogen-bond donors (Lipinski definition) is 1. The minimum Gasteiger partial charge on any atom is -0.396 e. The lowest BCUT2D eigenvalue weighted by atomic mass is 10.2. The third kappa shape index (κ3) is 6.19. The van der Waals surface area contributed by atoms with Crippen LogP contribution in [0.15, 0.2) is 35.5 Å². The third-order valence-electron chi connectivity index (χ3n) is 2.21. The second-order valence-corrected chi connectivity index (χ2v) is 3.62. The van der Waals surface area contributed by atoms with Crippen LogP contribution in [0.2, 0.25) is 0 Å². The van der Waals surface area contributed by atoms with Crippen LogP contribution in [0.25, 0.3) is 0 Å². The van der Waals surface area contributed by atoms with Gasteiger partial charge in [-0.3, -0.25) is 0 Å². The number of aliphatic hydroxyl groups is 1. The van der Waals surface area contributed by atoms with Gasteiger partial charge in [0.15, 0.2) is 0 Å². The molecule has 0 aliphatic heterocycles. The number of aliphatic hydroxyl groups excluding tert-OH is 1. The fourth-order valence-corrected chi connectivity index (χ4v) is 1.32.